The Kier molecular flexibility index (Phi) is 7.50. The van der Waals surface area contributed by atoms with Crippen LogP contribution in [0.2, 0.25) is 0 Å². The predicted octanol–water partition coefficient (Wildman–Crippen LogP) is 4.25. The number of aromatic nitrogens is 2. The fourth-order valence-electron chi connectivity index (χ4n) is 3.58. The van der Waals surface area contributed by atoms with Gasteiger partial charge in [-0.3, -0.25) is 9.63 Å². The van der Waals surface area contributed by atoms with E-state index in [0.29, 0.717) is 38.2 Å². The molecule has 1 aliphatic rings. The number of rotatable bonds is 7. The molecule has 0 aliphatic carbocycles. The van der Waals surface area contributed by atoms with Gasteiger partial charge in [0.1, 0.15) is 17.2 Å². The molecular weight excluding hydrogens is 484 g/mol. The zero-order chi connectivity index (χ0) is 25.7. The molecule has 13 heteroatoms. The second-order valence-corrected chi connectivity index (χ2v) is 7.65. The number of benzene rings is 2. The topological polar surface area (TPSA) is 101 Å². The van der Waals surface area contributed by atoms with Gasteiger partial charge in [0.05, 0.1) is 37.3 Å². The van der Waals surface area contributed by atoms with Crippen LogP contribution in [0.4, 0.5) is 46.4 Å². The van der Waals surface area contributed by atoms with Gasteiger partial charge >= 0.3 is 6.18 Å². The van der Waals surface area contributed by atoms with Gasteiger partial charge in [-0.25, -0.2) is 14.9 Å². The van der Waals surface area contributed by atoms with Crippen molar-refractivity contribution in [3.63, 3.8) is 0 Å². The summed E-state index contributed by atoms with van der Waals surface area (Å²) in [6.07, 6.45) is -4.18. The Balaban J connectivity index is 1.62. The van der Waals surface area contributed by atoms with E-state index in [4.69, 9.17) is 4.74 Å². The van der Waals surface area contributed by atoms with Crippen LogP contribution < -0.4 is 21.0 Å². The largest absolute Gasteiger partial charge is 0.421 e. The van der Waals surface area contributed by atoms with E-state index in [1.165, 1.54) is 25.3 Å². The highest BCUT2D eigenvalue weighted by Gasteiger charge is 2.35. The molecule has 3 N–H and O–H groups in total. The number of amides is 1. The third-order valence-corrected chi connectivity index (χ3v) is 5.27. The molecule has 1 aromatic heterocycles. The number of nitrogens with one attached hydrogen (secondary N) is 3. The predicted molar refractivity (Wildman–Crippen MR) is 124 cm³/mol. The monoisotopic (exact) mass is 506 g/mol. The molecule has 3 aromatic rings. The van der Waals surface area contributed by atoms with Crippen molar-refractivity contribution in [2.24, 2.45) is 0 Å². The summed E-state index contributed by atoms with van der Waals surface area (Å²) in [6, 6.07) is 10.3. The summed E-state index contributed by atoms with van der Waals surface area (Å²) in [6.45, 7) is 2.07. The van der Waals surface area contributed by atoms with Gasteiger partial charge in [0.15, 0.2) is 0 Å². The number of alkyl halides is 3. The highest BCUT2D eigenvalue weighted by Crippen LogP contribution is 2.36. The fourth-order valence-corrected chi connectivity index (χ4v) is 3.58. The molecule has 9 nitrogen and oxygen atoms in total. The Labute approximate surface area is 203 Å². The molecule has 0 radical (unpaired) electrons. The van der Waals surface area contributed by atoms with Gasteiger partial charge in [-0.05, 0) is 30.3 Å². The lowest BCUT2D eigenvalue weighted by molar-refractivity contribution is -0.137. The molecule has 1 fully saturated rings. The lowest BCUT2D eigenvalue weighted by Crippen LogP contribution is -2.36. The Hall–Kier alpha value is -3.97. The maximum atomic E-state index is 14.7. The van der Waals surface area contributed by atoms with E-state index in [1.807, 2.05) is 4.90 Å². The molecule has 0 atom stereocenters. The SMILES string of the molecule is CONC(=O)c1ccccc1Nc1nc(Nc2ccc(N3CCOCC3)c(F)c2)ncc1C(F)(F)F. The van der Waals surface area contributed by atoms with Crippen LogP contribution in [0, 0.1) is 5.82 Å². The number of anilines is 5. The first-order valence-electron chi connectivity index (χ1n) is 10.8. The lowest BCUT2D eigenvalue weighted by Gasteiger charge is -2.29. The van der Waals surface area contributed by atoms with Crippen molar-refractivity contribution in [1.82, 2.24) is 15.4 Å². The minimum absolute atomic E-state index is 0.0290. The number of halogens is 4. The van der Waals surface area contributed by atoms with Crippen LogP contribution in [-0.4, -0.2) is 49.3 Å². The van der Waals surface area contributed by atoms with Crippen LogP contribution in [0.3, 0.4) is 0 Å². The summed E-state index contributed by atoms with van der Waals surface area (Å²) in [5.41, 5.74) is 1.70. The van der Waals surface area contributed by atoms with Crippen molar-refractivity contribution in [3.8, 4) is 0 Å². The molecule has 4 rings (SSSR count). The van der Waals surface area contributed by atoms with Crippen molar-refractivity contribution >= 4 is 34.7 Å². The van der Waals surface area contributed by atoms with Crippen LogP contribution >= 0.6 is 0 Å². The van der Waals surface area contributed by atoms with Gasteiger partial charge in [-0.2, -0.15) is 18.2 Å². The summed E-state index contributed by atoms with van der Waals surface area (Å²) in [5, 5.41) is 5.28. The summed E-state index contributed by atoms with van der Waals surface area (Å²) in [4.78, 5) is 26.4. The molecular formula is C23H22F4N6O3. The maximum absolute atomic E-state index is 14.7. The molecule has 0 saturated carbocycles. The first kappa shape index (κ1) is 25.1. The zero-order valence-electron chi connectivity index (χ0n) is 19.0. The second kappa shape index (κ2) is 10.7. The minimum atomic E-state index is -4.78. The number of hydrogen-bond acceptors (Lipinski definition) is 8. The summed E-state index contributed by atoms with van der Waals surface area (Å²) in [5.74, 6) is -1.98. The summed E-state index contributed by atoms with van der Waals surface area (Å²) >= 11 is 0. The van der Waals surface area contributed by atoms with E-state index in [1.54, 1.807) is 24.3 Å². The van der Waals surface area contributed by atoms with Crippen molar-refractivity contribution < 1.29 is 31.9 Å². The number of para-hydroxylation sites is 1. The highest BCUT2D eigenvalue weighted by atomic mass is 19.4. The Bertz CT molecular complexity index is 1230. The summed E-state index contributed by atoms with van der Waals surface area (Å²) < 4.78 is 61.0. The molecule has 1 aliphatic heterocycles. The molecule has 0 spiro atoms. The number of hydrogen-bond donors (Lipinski definition) is 3. The summed E-state index contributed by atoms with van der Waals surface area (Å²) in [7, 11) is 1.23. The molecule has 2 heterocycles. The van der Waals surface area contributed by atoms with Crippen LogP contribution in [0.1, 0.15) is 15.9 Å². The Morgan fingerprint density at radius 1 is 1.11 bits per heavy atom. The maximum Gasteiger partial charge on any atom is 0.421 e. The van der Waals surface area contributed by atoms with E-state index < -0.39 is 29.3 Å². The third-order valence-electron chi connectivity index (χ3n) is 5.27. The molecule has 0 bridgehead atoms. The van der Waals surface area contributed by atoms with Gasteiger partial charge in [-0.15, -0.1) is 0 Å². The van der Waals surface area contributed by atoms with Crippen molar-refractivity contribution in [3.05, 3.63) is 65.6 Å². The van der Waals surface area contributed by atoms with E-state index >= 15 is 0 Å². The smallest absolute Gasteiger partial charge is 0.378 e. The first-order valence-corrected chi connectivity index (χ1v) is 10.8. The van der Waals surface area contributed by atoms with Crippen molar-refractivity contribution in [2.75, 3.05) is 48.9 Å². The van der Waals surface area contributed by atoms with Crippen LogP contribution in [0.5, 0.6) is 0 Å². The molecule has 1 amide bonds. The number of ether oxygens (including phenoxy) is 1. The minimum Gasteiger partial charge on any atom is -0.378 e. The second-order valence-electron chi connectivity index (χ2n) is 7.65. The quantitative estimate of drug-likeness (QED) is 0.323. The van der Waals surface area contributed by atoms with Gasteiger partial charge in [0, 0.05) is 25.0 Å². The first-order chi connectivity index (χ1) is 17.3. The van der Waals surface area contributed by atoms with Gasteiger partial charge in [0.25, 0.3) is 5.91 Å². The average molecular weight is 506 g/mol. The number of carbonyl (C=O) groups excluding carboxylic acids is 1. The van der Waals surface area contributed by atoms with Crippen LogP contribution in [0.25, 0.3) is 0 Å². The average Bonchev–Trinajstić information content (AvgIpc) is 2.84. The van der Waals surface area contributed by atoms with E-state index in [-0.39, 0.29) is 22.9 Å². The number of hydroxylamine groups is 1. The van der Waals surface area contributed by atoms with Crippen molar-refractivity contribution in [1.29, 1.82) is 0 Å². The third kappa shape index (κ3) is 5.80. The standard InChI is InChI=1S/C23H22F4N6O3/c1-35-32-21(34)15-4-2-3-5-18(15)30-20-16(23(25,26)27)13-28-22(31-20)29-14-6-7-19(17(24)12-14)33-8-10-36-11-9-33/h2-7,12-13H,8-11H2,1H3,(H,32,34)(H2,28,29,30,31). The van der Waals surface area contributed by atoms with Crippen LogP contribution in [-0.2, 0) is 15.8 Å². The van der Waals surface area contributed by atoms with Gasteiger partial charge in [0.2, 0.25) is 5.95 Å². The molecule has 2 aromatic carbocycles. The van der Waals surface area contributed by atoms with E-state index in [0.717, 1.165) is 0 Å². The molecule has 0 unspecified atom stereocenters. The van der Waals surface area contributed by atoms with E-state index in [2.05, 4.69) is 30.9 Å². The molecule has 1 saturated heterocycles. The van der Waals surface area contributed by atoms with E-state index in [9.17, 15) is 22.4 Å². The normalized spacial score (nSPS) is 13.9. The number of nitrogens with zero attached hydrogens (tertiary/aromatic N) is 3. The Morgan fingerprint density at radius 3 is 2.56 bits per heavy atom. The number of morpholine rings is 1. The zero-order valence-corrected chi connectivity index (χ0v) is 19.0. The molecule has 190 valence electrons. The van der Waals surface area contributed by atoms with Crippen molar-refractivity contribution in [2.45, 2.75) is 6.18 Å². The van der Waals surface area contributed by atoms with Gasteiger partial charge < -0.3 is 20.3 Å². The van der Waals surface area contributed by atoms with Crippen LogP contribution in [0.15, 0.2) is 48.7 Å². The molecule has 36 heavy (non-hydrogen) atoms. The number of carbonyl (C=O) groups is 1. The highest BCUT2D eigenvalue weighted by molar-refractivity contribution is 5.99. The van der Waals surface area contributed by atoms with Gasteiger partial charge in [-0.1, -0.05) is 12.1 Å². The fraction of sp³-hybridized carbons (Fsp3) is 0.261. The Morgan fingerprint density at radius 2 is 1.86 bits per heavy atom. The lowest BCUT2D eigenvalue weighted by atomic mass is 10.1.